The van der Waals surface area contributed by atoms with Crippen LogP contribution in [0.4, 0.5) is 0 Å². The Balaban J connectivity index is 1.25. The Morgan fingerprint density at radius 3 is 2.45 bits per heavy atom. The van der Waals surface area contributed by atoms with E-state index < -0.39 is 0 Å². The summed E-state index contributed by atoms with van der Waals surface area (Å²) in [4.78, 5) is 50.6. The van der Waals surface area contributed by atoms with E-state index in [1.807, 2.05) is 0 Å². The lowest BCUT2D eigenvalue weighted by Crippen LogP contribution is -2.56. The predicted molar refractivity (Wildman–Crippen MR) is 115 cm³/mol. The van der Waals surface area contributed by atoms with Gasteiger partial charge in [0, 0.05) is 31.5 Å². The second-order valence-electron chi connectivity index (χ2n) is 9.44. The number of nitrogens with one attached hydrogen (secondary N) is 2. The van der Waals surface area contributed by atoms with Crippen LogP contribution in [0.5, 0.6) is 0 Å². The van der Waals surface area contributed by atoms with Gasteiger partial charge in [0.2, 0.25) is 11.8 Å². The molecule has 1 saturated carbocycles. The van der Waals surface area contributed by atoms with E-state index in [-0.39, 0.29) is 48.7 Å². The first-order valence-corrected chi connectivity index (χ1v) is 11.4. The van der Waals surface area contributed by atoms with Crippen molar-refractivity contribution in [1.29, 1.82) is 0 Å². The van der Waals surface area contributed by atoms with Gasteiger partial charge in [0.15, 0.2) is 0 Å². The largest absolute Gasteiger partial charge is 0.353 e. The lowest BCUT2D eigenvalue weighted by atomic mass is 9.67. The molecule has 0 aromatic heterocycles. The number of nitrogens with zero attached hydrogens (tertiary/aromatic N) is 1. The molecule has 0 bridgehead atoms. The molecule has 4 unspecified atom stereocenters. The molecule has 1 saturated heterocycles. The maximum atomic E-state index is 12.5. The van der Waals surface area contributed by atoms with Crippen molar-refractivity contribution in [2.45, 2.75) is 64.5 Å². The molecule has 1 aromatic rings. The number of amides is 4. The fraction of sp³-hybridized carbons (Fsp3) is 0.583. The first kappa shape index (κ1) is 21.5. The van der Waals surface area contributed by atoms with Crippen LogP contribution in [0.15, 0.2) is 24.3 Å². The summed E-state index contributed by atoms with van der Waals surface area (Å²) < 4.78 is 0. The zero-order chi connectivity index (χ0) is 22.1. The van der Waals surface area contributed by atoms with E-state index in [2.05, 4.69) is 24.5 Å². The maximum absolute atomic E-state index is 12.5. The van der Waals surface area contributed by atoms with E-state index in [1.165, 1.54) is 4.90 Å². The van der Waals surface area contributed by atoms with E-state index >= 15 is 0 Å². The average molecular weight is 426 g/mol. The van der Waals surface area contributed by atoms with Gasteiger partial charge in [-0.3, -0.25) is 24.1 Å². The fourth-order valence-electron chi connectivity index (χ4n) is 5.50. The number of piperidine rings is 1. The summed E-state index contributed by atoms with van der Waals surface area (Å²) >= 11 is 0. The highest BCUT2D eigenvalue weighted by atomic mass is 16.2. The minimum Gasteiger partial charge on any atom is -0.353 e. The third-order valence-electron chi connectivity index (χ3n) is 7.11. The number of carbonyl (C=O) groups is 4. The smallest absolute Gasteiger partial charge is 0.261 e. The number of imide groups is 1. The van der Waals surface area contributed by atoms with E-state index in [1.54, 1.807) is 24.3 Å². The van der Waals surface area contributed by atoms with E-state index in [0.29, 0.717) is 41.7 Å². The van der Waals surface area contributed by atoms with Gasteiger partial charge in [-0.05, 0) is 55.6 Å². The number of rotatable bonds is 6. The van der Waals surface area contributed by atoms with Gasteiger partial charge in [-0.25, -0.2) is 0 Å². The van der Waals surface area contributed by atoms with Crippen molar-refractivity contribution in [3.63, 3.8) is 0 Å². The van der Waals surface area contributed by atoms with E-state index in [9.17, 15) is 19.2 Å². The number of hydrogen-bond acceptors (Lipinski definition) is 4. The van der Waals surface area contributed by atoms with Crippen molar-refractivity contribution in [3.05, 3.63) is 35.4 Å². The molecule has 0 radical (unpaired) electrons. The molecule has 4 rings (SSSR count). The van der Waals surface area contributed by atoms with Crippen LogP contribution in [-0.4, -0.2) is 47.2 Å². The number of hydrogen-bond donors (Lipinski definition) is 2. The van der Waals surface area contributed by atoms with Gasteiger partial charge in [0.25, 0.3) is 11.8 Å². The number of benzene rings is 1. The Morgan fingerprint density at radius 1 is 1.13 bits per heavy atom. The summed E-state index contributed by atoms with van der Waals surface area (Å²) in [6.07, 6.45) is 4.00. The number of fused-ring (bicyclic) bond motifs is 2. The van der Waals surface area contributed by atoms with Crippen LogP contribution in [0.1, 0.15) is 73.1 Å². The molecule has 31 heavy (non-hydrogen) atoms. The van der Waals surface area contributed by atoms with E-state index in [4.69, 9.17) is 0 Å². The Morgan fingerprint density at radius 2 is 1.81 bits per heavy atom. The molecule has 166 valence electrons. The summed E-state index contributed by atoms with van der Waals surface area (Å²) in [7, 11) is 0. The molecular formula is C24H31N3O4. The fourth-order valence-corrected chi connectivity index (χ4v) is 5.50. The zero-order valence-corrected chi connectivity index (χ0v) is 18.2. The first-order chi connectivity index (χ1) is 14.8. The monoisotopic (exact) mass is 425 g/mol. The van der Waals surface area contributed by atoms with Crippen LogP contribution in [0.25, 0.3) is 0 Å². The highest BCUT2D eigenvalue weighted by Gasteiger charge is 2.42. The summed E-state index contributed by atoms with van der Waals surface area (Å²) in [5.74, 6) is 0.858. The van der Waals surface area contributed by atoms with Crippen LogP contribution in [0.3, 0.4) is 0 Å². The highest BCUT2D eigenvalue weighted by molar-refractivity contribution is 6.21. The molecule has 7 heteroatoms. The second-order valence-corrected chi connectivity index (χ2v) is 9.44. The average Bonchev–Trinajstić information content (AvgIpc) is 2.98. The molecule has 0 spiro atoms. The van der Waals surface area contributed by atoms with Crippen molar-refractivity contribution in [3.8, 4) is 0 Å². The Bertz CT molecular complexity index is 862. The van der Waals surface area contributed by atoms with Crippen LogP contribution in [0.2, 0.25) is 0 Å². The molecule has 1 aliphatic carbocycles. The molecular weight excluding hydrogens is 394 g/mol. The minimum absolute atomic E-state index is 0.0549. The normalized spacial score (nSPS) is 27.7. The minimum atomic E-state index is -0.285. The lowest BCUT2D eigenvalue weighted by Gasteiger charge is -2.45. The van der Waals surface area contributed by atoms with Crippen LogP contribution < -0.4 is 10.6 Å². The van der Waals surface area contributed by atoms with Crippen LogP contribution in [-0.2, 0) is 9.59 Å². The predicted octanol–water partition coefficient (Wildman–Crippen LogP) is 2.51. The summed E-state index contributed by atoms with van der Waals surface area (Å²) in [6.45, 7) is 4.60. The molecule has 1 aromatic carbocycles. The quantitative estimate of drug-likeness (QED) is 0.685. The molecule has 3 aliphatic rings. The standard InChI is InChI=1S/C24H31N3O4/c1-14(2)19-13-22(29)26-20-12-15(9-10-16(19)20)25-21(28)8-5-11-27-23(30)17-6-3-4-7-18(17)24(27)31/h3-4,6-7,14-16,19-20H,5,8-13H2,1-2H3,(H,25,28)(H,26,29). The molecule has 4 atom stereocenters. The molecule has 4 amide bonds. The Hall–Kier alpha value is -2.70. The highest BCUT2D eigenvalue weighted by Crippen LogP contribution is 2.39. The molecule has 2 fully saturated rings. The van der Waals surface area contributed by atoms with Crippen molar-refractivity contribution in [2.24, 2.45) is 17.8 Å². The topological polar surface area (TPSA) is 95.6 Å². The number of carbonyl (C=O) groups excluding carboxylic acids is 4. The summed E-state index contributed by atoms with van der Waals surface area (Å²) in [6, 6.07) is 6.99. The van der Waals surface area contributed by atoms with Gasteiger partial charge in [0.1, 0.15) is 0 Å². The molecule has 2 aliphatic heterocycles. The van der Waals surface area contributed by atoms with Gasteiger partial charge in [-0.15, -0.1) is 0 Å². The Labute approximate surface area is 182 Å². The van der Waals surface area contributed by atoms with Gasteiger partial charge < -0.3 is 10.6 Å². The van der Waals surface area contributed by atoms with Crippen LogP contribution >= 0.6 is 0 Å². The Kier molecular flexibility index (Phi) is 6.12. The van der Waals surface area contributed by atoms with Crippen LogP contribution in [0, 0.1) is 17.8 Å². The van der Waals surface area contributed by atoms with Crippen molar-refractivity contribution < 1.29 is 19.2 Å². The lowest BCUT2D eigenvalue weighted by molar-refractivity contribution is -0.128. The maximum Gasteiger partial charge on any atom is 0.261 e. The van der Waals surface area contributed by atoms with Crippen molar-refractivity contribution >= 4 is 23.6 Å². The zero-order valence-electron chi connectivity index (χ0n) is 18.2. The van der Waals surface area contributed by atoms with Gasteiger partial charge >= 0.3 is 0 Å². The first-order valence-electron chi connectivity index (χ1n) is 11.4. The van der Waals surface area contributed by atoms with Crippen molar-refractivity contribution in [2.75, 3.05) is 6.54 Å². The van der Waals surface area contributed by atoms with Crippen molar-refractivity contribution in [1.82, 2.24) is 15.5 Å². The third kappa shape index (κ3) is 4.36. The third-order valence-corrected chi connectivity index (χ3v) is 7.11. The molecule has 7 nitrogen and oxygen atoms in total. The van der Waals surface area contributed by atoms with Gasteiger partial charge in [0.05, 0.1) is 11.1 Å². The summed E-state index contributed by atoms with van der Waals surface area (Å²) in [5.41, 5.74) is 0.867. The molecule has 2 N–H and O–H groups in total. The summed E-state index contributed by atoms with van der Waals surface area (Å²) in [5, 5.41) is 6.23. The molecule has 2 heterocycles. The van der Waals surface area contributed by atoms with Gasteiger partial charge in [-0.1, -0.05) is 26.0 Å². The van der Waals surface area contributed by atoms with Gasteiger partial charge in [-0.2, -0.15) is 0 Å². The van der Waals surface area contributed by atoms with E-state index in [0.717, 1.165) is 19.3 Å². The second kappa shape index (κ2) is 8.81. The SMILES string of the molecule is CC(C)C1CC(=O)NC2CC(NC(=O)CCCN3C(=O)c4ccccc4C3=O)CCC21.